The number of carbonyl (C=O) groups is 1. The first kappa shape index (κ1) is 14.3. The van der Waals surface area contributed by atoms with Crippen LogP contribution in [0, 0.1) is 0 Å². The molecule has 0 saturated carbocycles. The summed E-state index contributed by atoms with van der Waals surface area (Å²) in [4.78, 5) is 11.6. The first-order valence-corrected chi connectivity index (χ1v) is 7.07. The lowest BCUT2D eigenvalue weighted by Gasteiger charge is -2.07. The molecule has 0 aliphatic carbocycles. The summed E-state index contributed by atoms with van der Waals surface area (Å²) in [5.74, 6) is 0.532. The maximum Gasteiger partial charge on any atom is 0.162 e. The van der Waals surface area contributed by atoms with Gasteiger partial charge in [-0.3, -0.25) is 4.79 Å². The van der Waals surface area contributed by atoms with Gasteiger partial charge in [0, 0.05) is 12.0 Å². The Labute approximate surface area is 121 Å². The highest BCUT2D eigenvalue weighted by Crippen LogP contribution is 2.19. The molecule has 0 fully saturated rings. The monoisotopic (exact) mass is 264 g/mol. The van der Waals surface area contributed by atoms with Crippen LogP contribution >= 0.6 is 0 Å². The second-order valence-electron chi connectivity index (χ2n) is 4.96. The third kappa shape index (κ3) is 3.67. The third-order valence-corrected chi connectivity index (χ3v) is 3.46. The van der Waals surface area contributed by atoms with E-state index in [1.807, 2.05) is 49.4 Å². The van der Waals surface area contributed by atoms with Crippen LogP contribution in [0.5, 0.6) is 0 Å². The Morgan fingerprint density at radius 1 is 1.05 bits per heavy atom. The topological polar surface area (TPSA) is 17.1 Å². The summed E-state index contributed by atoms with van der Waals surface area (Å²) < 4.78 is 0. The molecule has 0 aliphatic heterocycles. The average Bonchev–Trinajstić information content (AvgIpc) is 2.53. The number of ketones is 1. The van der Waals surface area contributed by atoms with Crippen LogP contribution in [-0.4, -0.2) is 5.78 Å². The first-order valence-electron chi connectivity index (χ1n) is 7.07. The molecule has 2 rings (SSSR count). The van der Waals surface area contributed by atoms with Crippen molar-refractivity contribution in [2.45, 2.75) is 26.2 Å². The molecule has 1 heteroatoms. The van der Waals surface area contributed by atoms with Gasteiger partial charge in [0.05, 0.1) is 0 Å². The number of rotatable bonds is 5. The lowest BCUT2D eigenvalue weighted by Crippen LogP contribution is -1.97. The van der Waals surface area contributed by atoms with Gasteiger partial charge in [0.25, 0.3) is 0 Å². The first-order chi connectivity index (χ1) is 9.70. The Morgan fingerprint density at radius 3 is 2.30 bits per heavy atom. The van der Waals surface area contributed by atoms with Gasteiger partial charge >= 0.3 is 0 Å². The quantitative estimate of drug-likeness (QED) is 0.687. The normalized spacial score (nSPS) is 12.5. The number of hydrogen-bond acceptors (Lipinski definition) is 1. The van der Waals surface area contributed by atoms with Crippen molar-refractivity contribution in [2.24, 2.45) is 0 Å². The van der Waals surface area contributed by atoms with E-state index in [1.165, 1.54) is 11.1 Å². The minimum Gasteiger partial charge on any atom is -0.294 e. The molecule has 102 valence electrons. The van der Waals surface area contributed by atoms with Crippen molar-refractivity contribution in [1.29, 1.82) is 0 Å². The number of allylic oxidation sites excluding steroid dienone is 1. The van der Waals surface area contributed by atoms with Crippen LogP contribution < -0.4 is 0 Å². The fraction of sp³-hybridized carbons (Fsp3) is 0.211. The van der Waals surface area contributed by atoms with Gasteiger partial charge < -0.3 is 0 Å². The van der Waals surface area contributed by atoms with E-state index in [2.05, 4.69) is 31.2 Å². The Kier molecular flexibility index (Phi) is 4.89. The van der Waals surface area contributed by atoms with E-state index in [4.69, 9.17) is 0 Å². The molecule has 0 N–H and O–H groups in total. The van der Waals surface area contributed by atoms with E-state index in [0.717, 1.165) is 5.56 Å². The molecule has 0 bridgehead atoms. The Morgan fingerprint density at radius 2 is 1.70 bits per heavy atom. The molecule has 0 saturated heterocycles. The summed E-state index contributed by atoms with van der Waals surface area (Å²) in [5.41, 5.74) is 3.23. The highest BCUT2D eigenvalue weighted by molar-refractivity contribution is 5.95. The van der Waals surface area contributed by atoms with Crippen LogP contribution in [0.25, 0.3) is 6.08 Å². The molecule has 1 atom stereocenters. The van der Waals surface area contributed by atoms with E-state index >= 15 is 0 Å². The van der Waals surface area contributed by atoms with Crippen molar-refractivity contribution in [2.75, 3.05) is 0 Å². The zero-order valence-electron chi connectivity index (χ0n) is 12.0. The third-order valence-electron chi connectivity index (χ3n) is 3.46. The molecule has 0 spiro atoms. The maximum absolute atomic E-state index is 11.6. The number of benzene rings is 2. The molecule has 1 unspecified atom stereocenters. The van der Waals surface area contributed by atoms with Crippen LogP contribution in [0.15, 0.2) is 60.7 Å². The van der Waals surface area contributed by atoms with E-state index in [9.17, 15) is 4.79 Å². The van der Waals surface area contributed by atoms with Gasteiger partial charge in [-0.25, -0.2) is 0 Å². The van der Waals surface area contributed by atoms with Crippen LogP contribution in [0.1, 0.15) is 47.7 Å². The zero-order chi connectivity index (χ0) is 14.4. The maximum atomic E-state index is 11.6. The second kappa shape index (κ2) is 6.85. The van der Waals surface area contributed by atoms with Crippen molar-refractivity contribution >= 4 is 11.9 Å². The van der Waals surface area contributed by atoms with Gasteiger partial charge in [-0.1, -0.05) is 80.6 Å². The number of carbonyl (C=O) groups excluding carboxylic acids is 1. The molecule has 20 heavy (non-hydrogen) atoms. The summed E-state index contributed by atoms with van der Waals surface area (Å²) in [7, 11) is 0. The van der Waals surface area contributed by atoms with Crippen LogP contribution in [0.2, 0.25) is 0 Å². The largest absolute Gasteiger partial charge is 0.294 e. The van der Waals surface area contributed by atoms with Gasteiger partial charge in [-0.05, 0) is 17.0 Å². The summed E-state index contributed by atoms with van der Waals surface area (Å²) in [6.45, 7) is 4.05. The second-order valence-corrected chi connectivity index (χ2v) is 4.96. The highest BCUT2D eigenvalue weighted by atomic mass is 16.1. The average molecular weight is 264 g/mol. The van der Waals surface area contributed by atoms with Gasteiger partial charge in [0.1, 0.15) is 0 Å². The van der Waals surface area contributed by atoms with Crippen LogP contribution in [-0.2, 0) is 0 Å². The Bertz CT molecular complexity index is 579. The molecular formula is C19H20O. The molecule has 2 aromatic rings. The minimum absolute atomic E-state index is 0.198. The number of hydrogen-bond donors (Lipinski definition) is 0. The van der Waals surface area contributed by atoms with Crippen molar-refractivity contribution in [3.05, 3.63) is 77.4 Å². The van der Waals surface area contributed by atoms with Crippen molar-refractivity contribution in [3.8, 4) is 0 Å². The minimum atomic E-state index is 0.198. The summed E-state index contributed by atoms with van der Waals surface area (Å²) in [6, 6.07) is 18.2. The van der Waals surface area contributed by atoms with Crippen molar-refractivity contribution in [1.82, 2.24) is 0 Å². The van der Waals surface area contributed by atoms with Gasteiger partial charge in [-0.15, -0.1) is 0 Å². The predicted molar refractivity (Wildman–Crippen MR) is 85.0 cm³/mol. The molecule has 0 amide bonds. The molecule has 2 aromatic carbocycles. The van der Waals surface area contributed by atoms with Crippen LogP contribution in [0.4, 0.5) is 0 Å². The fourth-order valence-corrected chi connectivity index (χ4v) is 2.11. The SMILES string of the molecule is CCC(=O)c1ccc(C(C)/C=C/c2ccccc2)cc1. The zero-order valence-corrected chi connectivity index (χ0v) is 12.0. The molecule has 0 aromatic heterocycles. The standard InChI is InChI=1S/C19H20O/c1-3-19(20)18-13-11-17(12-14-18)15(2)9-10-16-7-5-4-6-8-16/h4-15H,3H2,1-2H3/b10-9+. The summed E-state index contributed by atoms with van der Waals surface area (Å²) >= 11 is 0. The van der Waals surface area contributed by atoms with Crippen LogP contribution in [0.3, 0.4) is 0 Å². The smallest absolute Gasteiger partial charge is 0.162 e. The Balaban J connectivity index is 2.08. The molecule has 0 radical (unpaired) electrons. The lowest BCUT2D eigenvalue weighted by atomic mass is 9.97. The van der Waals surface area contributed by atoms with E-state index < -0.39 is 0 Å². The summed E-state index contributed by atoms with van der Waals surface area (Å²) in [6.07, 6.45) is 4.88. The lowest BCUT2D eigenvalue weighted by molar-refractivity contribution is 0.0988. The van der Waals surface area contributed by atoms with E-state index in [0.29, 0.717) is 12.3 Å². The van der Waals surface area contributed by atoms with Gasteiger partial charge in [0.2, 0.25) is 0 Å². The highest BCUT2D eigenvalue weighted by Gasteiger charge is 2.05. The van der Waals surface area contributed by atoms with Crippen molar-refractivity contribution in [3.63, 3.8) is 0 Å². The van der Waals surface area contributed by atoms with Gasteiger partial charge in [-0.2, -0.15) is 0 Å². The molecule has 0 aliphatic rings. The summed E-state index contributed by atoms with van der Waals surface area (Å²) in [5, 5.41) is 0. The molecule has 0 heterocycles. The fourth-order valence-electron chi connectivity index (χ4n) is 2.11. The van der Waals surface area contributed by atoms with E-state index in [-0.39, 0.29) is 5.78 Å². The number of Topliss-reactive ketones (excluding diaryl/α,β-unsaturated/α-hetero) is 1. The molecular weight excluding hydrogens is 244 g/mol. The van der Waals surface area contributed by atoms with E-state index in [1.54, 1.807) is 0 Å². The Hall–Kier alpha value is -2.15. The van der Waals surface area contributed by atoms with Crippen molar-refractivity contribution < 1.29 is 4.79 Å². The van der Waals surface area contributed by atoms with Gasteiger partial charge in [0.15, 0.2) is 5.78 Å². The predicted octanol–water partition coefficient (Wildman–Crippen LogP) is 5.10. The molecule has 1 nitrogen and oxygen atoms in total.